The molecule has 1 aromatic heterocycles. The standard InChI is InChI=1S/C13H16ClNO/c14-11-7-8-12(15-9-11)13(16)10-5-3-1-2-4-6-10/h7-10H,1-6H2. The number of ketones is 1. The van der Waals surface area contributed by atoms with Gasteiger partial charge < -0.3 is 0 Å². The summed E-state index contributed by atoms with van der Waals surface area (Å²) < 4.78 is 0. The number of carbonyl (C=O) groups is 1. The summed E-state index contributed by atoms with van der Waals surface area (Å²) in [4.78, 5) is 16.3. The van der Waals surface area contributed by atoms with Crippen molar-refractivity contribution in [3.8, 4) is 0 Å². The van der Waals surface area contributed by atoms with Gasteiger partial charge >= 0.3 is 0 Å². The molecule has 0 bridgehead atoms. The number of Topliss-reactive ketones (excluding diaryl/α,β-unsaturated/α-hetero) is 1. The Hall–Kier alpha value is -0.890. The van der Waals surface area contributed by atoms with E-state index in [9.17, 15) is 4.79 Å². The molecular formula is C13H16ClNO. The predicted octanol–water partition coefficient (Wildman–Crippen LogP) is 3.89. The van der Waals surface area contributed by atoms with Crippen LogP contribution in [0, 0.1) is 5.92 Å². The molecule has 1 saturated carbocycles. The molecule has 1 heterocycles. The summed E-state index contributed by atoms with van der Waals surface area (Å²) in [6.07, 6.45) is 8.45. The van der Waals surface area contributed by atoms with Gasteiger partial charge in [0.1, 0.15) is 5.69 Å². The van der Waals surface area contributed by atoms with E-state index >= 15 is 0 Å². The summed E-state index contributed by atoms with van der Waals surface area (Å²) in [6.45, 7) is 0. The molecule has 2 nitrogen and oxygen atoms in total. The average Bonchev–Trinajstić information content (AvgIpc) is 2.57. The number of hydrogen-bond acceptors (Lipinski definition) is 2. The average molecular weight is 238 g/mol. The maximum atomic E-state index is 12.2. The van der Waals surface area contributed by atoms with Crippen LogP contribution in [0.4, 0.5) is 0 Å². The molecular weight excluding hydrogens is 222 g/mol. The van der Waals surface area contributed by atoms with Crippen molar-refractivity contribution in [1.82, 2.24) is 4.98 Å². The zero-order valence-corrected chi connectivity index (χ0v) is 10.0. The number of nitrogens with zero attached hydrogens (tertiary/aromatic N) is 1. The Morgan fingerprint density at radius 1 is 1.19 bits per heavy atom. The highest BCUT2D eigenvalue weighted by Gasteiger charge is 2.21. The molecule has 3 heteroatoms. The molecule has 0 saturated heterocycles. The first kappa shape index (κ1) is 11.6. The zero-order valence-electron chi connectivity index (χ0n) is 9.29. The molecule has 1 aliphatic rings. The van der Waals surface area contributed by atoms with E-state index in [1.165, 1.54) is 25.7 Å². The lowest BCUT2D eigenvalue weighted by Gasteiger charge is -2.11. The lowest BCUT2D eigenvalue weighted by Crippen LogP contribution is -2.15. The number of carbonyl (C=O) groups excluding carboxylic acids is 1. The van der Waals surface area contributed by atoms with E-state index in [1.54, 1.807) is 18.3 Å². The van der Waals surface area contributed by atoms with E-state index < -0.39 is 0 Å². The van der Waals surface area contributed by atoms with E-state index in [4.69, 9.17) is 11.6 Å². The molecule has 16 heavy (non-hydrogen) atoms. The maximum absolute atomic E-state index is 12.2. The van der Waals surface area contributed by atoms with Crippen molar-refractivity contribution in [1.29, 1.82) is 0 Å². The molecule has 0 aliphatic heterocycles. The van der Waals surface area contributed by atoms with Gasteiger partial charge in [-0.1, -0.05) is 37.3 Å². The molecule has 86 valence electrons. The highest BCUT2D eigenvalue weighted by molar-refractivity contribution is 6.30. The summed E-state index contributed by atoms with van der Waals surface area (Å²) in [5, 5.41) is 0.581. The normalized spacial score (nSPS) is 18.1. The largest absolute Gasteiger partial charge is 0.292 e. The van der Waals surface area contributed by atoms with E-state index in [0.717, 1.165) is 12.8 Å². The first-order valence-corrected chi connectivity index (χ1v) is 6.31. The van der Waals surface area contributed by atoms with Gasteiger partial charge in [0.15, 0.2) is 5.78 Å². The van der Waals surface area contributed by atoms with Crippen LogP contribution in [0.25, 0.3) is 0 Å². The van der Waals surface area contributed by atoms with Gasteiger partial charge in [-0.2, -0.15) is 0 Å². The second kappa shape index (κ2) is 5.44. The van der Waals surface area contributed by atoms with E-state index in [2.05, 4.69) is 4.98 Å². The van der Waals surface area contributed by atoms with Crippen LogP contribution < -0.4 is 0 Å². The first-order valence-electron chi connectivity index (χ1n) is 5.93. The first-order chi connectivity index (χ1) is 7.77. The van der Waals surface area contributed by atoms with Gasteiger partial charge in [0.2, 0.25) is 0 Å². The van der Waals surface area contributed by atoms with Crippen LogP contribution >= 0.6 is 11.6 Å². The Bertz CT molecular complexity index is 353. The third-order valence-electron chi connectivity index (χ3n) is 3.21. The maximum Gasteiger partial charge on any atom is 0.184 e. The molecule has 1 aromatic rings. The fourth-order valence-corrected chi connectivity index (χ4v) is 2.38. The Labute approximate surface area is 101 Å². The zero-order chi connectivity index (χ0) is 11.4. The highest BCUT2D eigenvalue weighted by Crippen LogP contribution is 2.25. The summed E-state index contributed by atoms with van der Waals surface area (Å²) in [5.41, 5.74) is 0.566. The van der Waals surface area contributed by atoms with Crippen LogP contribution in [0.2, 0.25) is 5.02 Å². The molecule has 2 rings (SSSR count). The molecule has 0 N–H and O–H groups in total. The van der Waals surface area contributed by atoms with E-state index in [1.807, 2.05) is 0 Å². The predicted molar refractivity (Wildman–Crippen MR) is 64.8 cm³/mol. The lowest BCUT2D eigenvalue weighted by molar-refractivity contribution is 0.0903. The Balaban J connectivity index is 2.08. The molecule has 1 aliphatic carbocycles. The van der Waals surface area contributed by atoms with E-state index in [-0.39, 0.29) is 11.7 Å². The van der Waals surface area contributed by atoms with Crippen LogP contribution in [0.1, 0.15) is 49.0 Å². The number of pyridine rings is 1. The van der Waals surface area contributed by atoms with Gasteiger partial charge in [0, 0.05) is 12.1 Å². The molecule has 0 spiro atoms. The summed E-state index contributed by atoms with van der Waals surface area (Å²) in [6, 6.07) is 3.47. The minimum absolute atomic E-state index is 0.177. The SMILES string of the molecule is O=C(c1ccc(Cl)cn1)C1CCCCCC1. The fourth-order valence-electron chi connectivity index (χ4n) is 2.27. The molecule has 0 atom stereocenters. The molecule has 0 aromatic carbocycles. The summed E-state index contributed by atoms with van der Waals surface area (Å²) >= 11 is 5.75. The van der Waals surface area contributed by atoms with Crippen molar-refractivity contribution in [2.75, 3.05) is 0 Å². The van der Waals surface area contributed by atoms with Crippen molar-refractivity contribution in [3.63, 3.8) is 0 Å². The van der Waals surface area contributed by atoms with Crippen molar-refractivity contribution < 1.29 is 4.79 Å². The molecule has 1 fully saturated rings. The van der Waals surface area contributed by atoms with Gasteiger partial charge in [-0.3, -0.25) is 9.78 Å². The van der Waals surface area contributed by atoms with Crippen molar-refractivity contribution in [2.45, 2.75) is 38.5 Å². The van der Waals surface area contributed by atoms with Crippen LogP contribution in [0.15, 0.2) is 18.3 Å². The van der Waals surface area contributed by atoms with Crippen molar-refractivity contribution >= 4 is 17.4 Å². The topological polar surface area (TPSA) is 30.0 Å². The minimum atomic E-state index is 0.177. The van der Waals surface area contributed by atoms with Crippen LogP contribution in [-0.4, -0.2) is 10.8 Å². The monoisotopic (exact) mass is 237 g/mol. The van der Waals surface area contributed by atoms with Crippen LogP contribution in [-0.2, 0) is 0 Å². The quantitative estimate of drug-likeness (QED) is 0.577. The molecule has 0 amide bonds. The number of hydrogen-bond donors (Lipinski definition) is 0. The van der Waals surface area contributed by atoms with Gasteiger partial charge in [-0.25, -0.2) is 0 Å². The van der Waals surface area contributed by atoms with Crippen molar-refractivity contribution in [3.05, 3.63) is 29.0 Å². The van der Waals surface area contributed by atoms with Gasteiger partial charge in [-0.05, 0) is 25.0 Å². The molecule has 0 radical (unpaired) electrons. The number of aromatic nitrogens is 1. The Morgan fingerprint density at radius 2 is 1.88 bits per heavy atom. The third-order valence-corrected chi connectivity index (χ3v) is 3.43. The fraction of sp³-hybridized carbons (Fsp3) is 0.538. The lowest BCUT2D eigenvalue weighted by atomic mass is 9.93. The Morgan fingerprint density at radius 3 is 2.44 bits per heavy atom. The third kappa shape index (κ3) is 2.82. The smallest absolute Gasteiger partial charge is 0.184 e. The second-order valence-electron chi connectivity index (χ2n) is 4.41. The summed E-state index contributed by atoms with van der Waals surface area (Å²) in [5.74, 6) is 0.370. The van der Waals surface area contributed by atoms with Gasteiger partial charge in [-0.15, -0.1) is 0 Å². The Kier molecular flexibility index (Phi) is 3.94. The second-order valence-corrected chi connectivity index (χ2v) is 4.85. The van der Waals surface area contributed by atoms with E-state index in [0.29, 0.717) is 10.7 Å². The van der Waals surface area contributed by atoms with Crippen LogP contribution in [0.5, 0.6) is 0 Å². The van der Waals surface area contributed by atoms with Gasteiger partial charge in [0.25, 0.3) is 0 Å². The van der Waals surface area contributed by atoms with Crippen molar-refractivity contribution in [2.24, 2.45) is 5.92 Å². The highest BCUT2D eigenvalue weighted by atomic mass is 35.5. The molecule has 0 unspecified atom stereocenters. The van der Waals surface area contributed by atoms with Crippen LogP contribution in [0.3, 0.4) is 0 Å². The number of rotatable bonds is 2. The number of halogens is 1. The minimum Gasteiger partial charge on any atom is -0.292 e. The summed E-state index contributed by atoms with van der Waals surface area (Å²) in [7, 11) is 0. The van der Waals surface area contributed by atoms with Gasteiger partial charge in [0.05, 0.1) is 5.02 Å².